The second-order valence-corrected chi connectivity index (χ2v) is 5.52. The van der Waals surface area contributed by atoms with Crippen molar-refractivity contribution >= 4 is 27.5 Å². The number of nitriles is 1. The molecule has 18 heavy (non-hydrogen) atoms. The molecule has 1 aromatic rings. The lowest BCUT2D eigenvalue weighted by Crippen LogP contribution is -2.29. The van der Waals surface area contributed by atoms with Crippen molar-refractivity contribution in [2.24, 2.45) is 17.6 Å². The molecule has 2 N–H and O–H groups in total. The summed E-state index contributed by atoms with van der Waals surface area (Å²) < 4.78 is 0.874. The van der Waals surface area contributed by atoms with Crippen LogP contribution in [0.2, 0.25) is 0 Å². The maximum absolute atomic E-state index is 11.3. The summed E-state index contributed by atoms with van der Waals surface area (Å²) in [5, 5.41) is 8.83. The Bertz CT molecular complexity index is 523. The van der Waals surface area contributed by atoms with Crippen LogP contribution in [-0.2, 0) is 4.79 Å². The van der Waals surface area contributed by atoms with Gasteiger partial charge in [0.25, 0.3) is 0 Å². The van der Waals surface area contributed by atoms with Gasteiger partial charge in [0.2, 0.25) is 5.91 Å². The predicted molar refractivity (Wildman–Crippen MR) is 72.9 cm³/mol. The fourth-order valence-electron chi connectivity index (χ4n) is 2.37. The maximum Gasteiger partial charge on any atom is 0.222 e. The molecular weight excluding hydrogens is 294 g/mol. The number of anilines is 1. The Labute approximate surface area is 115 Å². The van der Waals surface area contributed by atoms with Gasteiger partial charge in [-0.15, -0.1) is 0 Å². The normalized spacial score (nSPS) is 22.8. The van der Waals surface area contributed by atoms with Crippen molar-refractivity contribution in [1.29, 1.82) is 5.26 Å². The molecule has 1 aliphatic rings. The molecule has 2 atom stereocenters. The number of benzene rings is 1. The zero-order valence-corrected chi connectivity index (χ0v) is 11.6. The molecule has 0 aliphatic carbocycles. The first-order valence-corrected chi connectivity index (χ1v) is 6.56. The van der Waals surface area contributed by atoms with Crippen LogP contribution in [0.1, 0.15) is 12.5 Å². The van der Waals surface area contributed by atoms with Crippen LogP contribution in [0.15, 0.2) is 22.7 Å². The molecule has 0 spiro atoms. The van der Waals surface area contributed by atoms with Crippen molar-refractivity contribution < 1.29 is 4.79 Å². The molecule has 0 bridgehead atoms. The van der Waals surface area contributed by atoms with Crippen molar-refractivity contribution in [2.45, 2.75) is 6.92 Å². The lowest BCUT2D eigenvalue weighted by Gasteiger charge is -2.20. The van der Waals surface area contributed by atoms with Crippen LogP contribution in [0.4, 0.5) is 5.69 Å². The first-order chi connectivity index (χ1) is 8.52. The zero-order chi connectivity index (χ0) is 13.3. The van der Waals surface area contributed by atoms with Gasteiger partial charge in [0.15, 0.2) is 0 Å². The van der Waals surface area contributed by atoms with Crippen molar-refractivity contribution in [3.63, 3.8) is 0 Å². The number of halogens is 1. The fourth-order valence-corrected chi connectivity index (χ4v) is 3.00. The van der Waals surface area contributed by atoms with E-state index in [1.165, 1.54) is 0 Å². The molecule has 0 unspecified atom stereocenters. The molecule has 1 fully saturated rings. The molecule has 1 saturated heterocycles. The van der Waals surface area contributed by atoms with E-state index in [9.17, 15) is 4.79 Å². The van der Waals surface area contributed by atoms with Crippen LogP contribution in [0.25, 0.3) is 0 Å². The minimum absolute atomic E-state index is 0.104. The molecule has 0 saturated carbocycles. The minimum Gasteiger partial charge on any atom is -0.370 e. The Morgan fingerprint density at radius 2 is 2.28 bits per heavy atom. The van der Waals surface area contributed by atoms with Crippen LogP contribution in [0.5, 0.6) is 0 Å². The SMILES string of the molecule is C[C@@H]1CN(c2ccc(C#N)cc2Br)C[C@H]1C(N)=O. The van der Waals surface area contributed by atoms with E-state index in [-0.39, 0.29) is 17.7 Å². The third-order valence-electron chi connectivity index (χ3n) is 3.40. The maximum atomic E-state index is 11.3. The summed E-state index contributed by atoms with van der Waals surface area (Å²) in [5.74, 6) is -0.0904. The summed E-state index contributed by atoms with van der Waals surface area (Å²) in [5.41, 5.74) is 7.01. The summed E-state index contributed by atoms with van der Waals surface area (Å²) in [7, 11) is 0. The molecule has 0 aromatic heterocycles. The van der Waals surface area contributed by atoms with Gasteiger partial charge in [0.05, 0.1) is 23.2 Å². The van der Waals surface area contributed by atoms with Crippen LogP contribution in [0, 0.1) is 23.2 Å². The number of carbonyl (C=O) groups excluding carboxylic acids is 1. The molecular formula is C13H14BrN3O. The fraction of sp³-hybridized carbons (Fsp3) is 0.385. The third kappa shape index (κ3) is 2.34. The second kappa shape index (κ2) is 4.99. The zero-order valence-electron chi connectivity index (χ0n) is 10.1. The van der Waals surface area contributed by atoms with Gasteiger partial charge in [0, 0.05) is 17.6 Å². The van der Waals surface area contributed by atoms with E-state index in [1.807, 2.05) is 13.0 Å². The summed E-state index contributed by atoms with van der Waals surface area (Å²) in [4.78, 5) is 13.4. The average Bonchev–Trinajstić information content (AvgIpc) is 2.71. The Balaban J connectivity index is 2.24. The van der Waals surface area contributed by atoms with Crippen molar-refractivity contribution in [1.82, 2.24) is 0 Å². The number of rotatable bonds is 2. The molecule has 1 amide bonds. The van der Waals surface area contributed by atoms with Gasteiger partial charge in [-0.1, -0.05) is 6.92 Å². The smallest absolute Gasteiger partial charge is 0.222 e. The number of carbonyl (C=O) groups is 1. The summed E-state index contributed by atoms with van der Waals surface area (Å²) >= 11 is 3.47. The highest BCUT2D eigenvalue weighted by Gasteiger charge is 2.34. The number of primary amides is 1. The molecule has 1 aliphatic heterocycles. The van der Waals surface area contributed by atoms with Gasteiger partial charge in [-0.2, -0.15) is 5.26 Å². The van der Waals surface area contributed by atoms with E-state index in [1.54, 1.807) is 12.1 Å². The first kappa shape index (κ1) is 12.9. The lowest BCUT2D eigenvalue weighted by molar-refractivity contribution is -0.122. The van der Waals surface area contributed by atoms with Crippen molar-refractivity contribution in [3.8, 4) is 6.07 Å². The summed E-state index contributed by atoms with van der Waals surface area (Å²) in [6.07, 6.45) is 0. The molecule has 0 radical (unpaired) electrons. The van der Waals surface area contributed by atoms with Gasteiger partial charge in [-0.3, -0.25) is 4.79 Å². The quantitative estimate of drug-likeness (QED) is 0.907. The van der Waals surface area contributed by atoms with Gasteiger partial charge in [-0.25, -0.2) is 0 Å². The third-order valence-corrected chi connectivity index (χ3v) is 4.03. The van der Waals surface area contributed by atoms with Crippen LogP contribution in [-0.4, -0.2) is 19.0 Å². The van der Waals surface area contributed by atoms with Crippen LogP contribution in [0.3, 0.4) is 0 Å². The molecule has 94 valence electrons. The Morgan fingerprint density at radius 1 is 1.56 bits per heavy atom. The van der Waals surface area contributed by atoms with Crippen LogP contribution < -0.4 is 10.6 Å². The standard InChI is InChI=1S/C13H14BrN3O/c1-8-6-17(7-10(8)13(16)18)12-3-2-9(5-15)4-11(12)14/h2-4,8,10H,6-7H2,1H3,(H2,16,18)/t8-,10-/m1/s1. The summed E-state index contributed by atoms with van der Waals surface area (Å²) in [6.45, 7) is 3.48. The van der Waals surface area contributed by atoms with Gasteiger partial charge >= 0.3 is 0 Å². The Kier molecular flexibility index (Phi) is 3.58. The highest BCUT2D eigenvalue weighted by atomic mass is 79.9. The lowest BCUT2D eigenvalue weighted by atomic mass is 9.98. The molecule has 4 nitrogen and oxygen atoms in total. The molecule has 1 aromatic carbocycles. The van der Waals surface area contributed by atoms with Gasteiger partial charge in [0.1, 0.15) is 0 Å². The van der Waals surface area contributed by atoms with E-state index >= 15 is 0 Å². The molecule has 5 heteroatoms. The van der Waals surface area contributed by atoms with E-state index in [2.05, 4.69) is 26.9 Å². The van der Waals surface area contributed by atoms with Crippen molar-refractivity contribution in [2.75, 3.05) is 18.0 Å². The number of nitrogens with zero attached hydrogens (tertiary/aromatic N) is 2. The van der Waals surface area contributed by atoms with E-state index < -0.39 is 0 Å². The van der Waals surface area contributed by atoms with E-state index in [4.69, 9.17) is 11.0 Å². The topological polar surface area (TPSA) is 70.1 Å². The van der Waals surface area contributed by atoms with E-state index in [0.717, 1.165) is 16.7 Å². The van der Waals surface area contributed by atoms with Gasteiger partial charge in [-0.05, 0) is 40.0 Å². The number of nitrogens with two attached hydrogens (primary N) is 1. The predicted octanol–water partition coefficient (Wildman–Crippen LogP) is 1.88. The minimum atomic E-state index is -0.241. The average molecular weight is 308 g/mol. The Hall–Kier alpha value is -1.54. The summed E-state index contributed by atoms with van der Waals surface area (Å²) in [6, 6.07) is 7.57. The molecule has 2 rings (SSSR count). The van der Waals surface area contributed by atoms with E-state index in [0.29, 0.717) is 12.1 Å². The van der Waals surface area contributed by atoms with Crippen molar-refractivity contribution in [3.05, 3.63) is 28.2 Å². The highest BCUT2D eigenvalue weighted by molar-refractivity contribution is 9.10. The number of hydrogen-bond acceptors (Lipinski definition) is 3. The Morgan fingerprint density at radius 3 is 2.78 bits per heavy atom. The first-order valence-electron chi connectivity index (χ1n) is 5.77. The van der Waals surface area contributed by atoms with Crippen LogP contribution >= 0.6 is 15.9 Å². The van der Waals surface area contributed by atoms with Gasteiger partial charge < -0.3 is 10.6 Å². The largest absolute Gasteiger partial charge is 0.370 e. The highest BCUT2D eigenvalue weighted by Crippen LogP contribution is 2.33. The number of hydrogen-bond donors (Lipinski definition) is 1. The monoisotopic (exact) mass is 307 g/mol. The molecule has 1 heterocycles. The number of amides is 1. The second-order valence-electron chi connectivity index (χ2n) is 4.67.